The molecule has 0 unspecified atom stereocenters. The molecule has 40 heavy (non-hydrogen) atoms. The number of primary amides is 1. The Morgan fingerprint density at radius 1 is 1.18 bits per heavy atom. The van der Waals surface area contributed by atoms with Gasteiger partial charge in [-0.1, -0.05) is 6.42 Å². The van der Waals surface area contributed by atoms with E-state index in [4.69, 9.17) is 5.73 Å². The molecule has 0 spiro atoms. The summed E-state index contributed by atoms with van der Waals surface area (Å²) in [6.45, 7) is 4.44. The van der Waals surface area contributed by atoms with Gasteiger partial charge in [0, 0.05) is 41.2 Å². The molecular weight excluding hydrogens is 521 g/mol. The summed E-state index contributed by atoms with van der Waals surface area (Å²) in [5.41, 5.74) is 1.53. The number of phenols is 1. The Bertz CT molecular complexity index is 1380. The molecule has 1 saturated carbocycles. The zero-order chi connectivity index (χ0) is 29.4. The normalized spacial score (nSPS) is 32.7. The number of rotatable bonds is 4. The van der Waals surface area contributed by atoms with Crippen LogP contribution in [0.25, 0.3) is 5.76 Å². The number of aliphatic hydroxyl groups is 3. The van der Waals surface area contributed by atoms with E-state index in [2.05, 4.69) is 18.7 Å². The zero-order valence-corrected chi connectivity index (χ0v) is 23.1. The number of aromatic hydroxyl groups is 1. The van der Waals surface area contributed by atoms with Crippen LogP contribution in [0.4, 0.5) is 4.39 Å². The van der Waals surface area contributed by atoms with Crippen LogP contribution >= 0.6 is 0 Å². The summed E-state index contributed by atoms with van der Waals surface area (Å²) in [7, 11) is 3.06. The van der Waals surface area contributed by atoms with Crippen LogP contribution in [0.2, 0.25) is 0 Å². The van der Waals surface area contributed by atoms with Crippen molar-refractivity contribution >= 4 is 23.2 Å². The molecule has 1 aromatic carbocycles. The van der Waals surface area contributed by atoms with Crippen molar-refractivity contribution in [1.82, 2.24) is 9.80 Å². The molecule has 1 heterocycles. The second-order valence-corrected chi connectivity index (χ2v) is 12.0. The Balaban J connectivity index is 1.63. The molecule has 10 nitrogen and oxygen atoms in total. The van der Waals surface area contributed by atoms with Gasteiger partial charge in [-0.25, -0.2) is 4.39 Å². The number of aliphatic hydroxyl groups excluding tert-OH is 2. The summed E-state index contributed by atoms with van der Waals surface area (Å²) < 4.78 is 16.1. The van der Waals surface area contributed by atoms with E-state index in [1.807, 2.05) is 0 Å². The SMILES string of the molecule is C[C@H]1CCC[C@H](C)N1Cc1cc(O)c2c(c1F)C[C@H]1C[C@H]3[C@H](N(C)C)C(=O)C(C(N)=O)=C(O)[C@@]3(O)C(=O)C1=C2O. The summed E-state index contributed by atoms with van der Waals surface area (Å²) >= 11 is 0. The third kappa shape index (κ3) is 3.89. The molecule has 0 aromatic heterocycles. The molecule has 6 atom stereocenters. The molecule has 1 aliphatic heterocycles. The lowest BCUT2D eigenvalue weighted by Crippen LogP contribution is -2.65. The lowest BCUT2D eigenvalue weighted by molar-refractivity contribution is -0.153. The largest absolute Gasteiger partial charge is 0.508 e. The molecule has 3 aliphatic carbocycles. The van der Waals surface area contributed by atoms with Gasteiger partial charge in [0.15, 0.2) is 11.4 Å². The van der Waals surface area contributed by atoms with Crippen molar-refractivity contribution in [3.8, 4) is 5.75 Å². The number of likely N-dealkylation sites (N-methyl/N-ethyl adjacent to an activating group) is 1. The first-order valence-corrected chi connectivity index (χ1v) is 13.6. The van der Waals surface area contributed by atoms with Gasteiger partial charge in [-0.15, -0.1) is 0 Å². The number of fused-ring (bicyclic) bond motifs is 3. The van der Waals surface area contributed by atoms with Crippen LogP contribution in [0.3, 0.4) is 0 Å². The van der Waals surface area contributed by atoms with Gasteiger partial charge in [0.2, 0.25) is 5.78 Å². The minimum absolute atomic E-state index is 0.0536. The van der Waals surface area contributed by atoms with Crippen molar-refractivity contribution in [3.05, 3.63) is 45.5 Å². The number of piperidine rings is 1. The predicted octanol–water partition coefficient (Wildman–Crippen LogP) is 1.87. The Hall–Kier alpha value is -3.28. The van der Waals surface area contributed by atoms with Gasteiger partial charge in [0.05, 0.1) is 11.6 Å². The third-order valence-corrected chi connectivity index (χ3v) is 9.46. The molecule has 6 N–H and O–H groups in total. The minimum Gasteiger partial charge on any atom is -0.508 e. The van der Waals surface area contributed by atoms with E-state index in [-0.39, 0.29) is 53.7 Å². The monoisotopic (exact) mass is 557 g/mol. The van der Waals surface area contributed by atoms with Crippen molar-refractivity contribution in [1.29, 1.82) is 0 Å². The van der Waals surface area contributed by atoms with Crippen molar-refractivity contribution < 1.29 is 39.2 Å². The fourth-order valence-electron chi connectivity index (χ4n) is 7.45. The summed E-state index contributed by atoms with van der Waals surface area (Å²) in [6.07, 6.45) is 2.89. The lowest BCUT2D eigenvalue weighted by atomic mass is 9.57. The summed E-state index contributed by atoms with van der Waals surface area (Å²) in [5, 5.41) is 44.8. The van der Waals surface area contributed by atoms with Crippen LogP contribution < -0.4 is 5.73 Å². The quantitative estimate of drug-likeness (QED) is 0.348. The highest BCUT2D eigenvalue weighted by molar-refractivity contribution is 6.24. The van der Waals surface area contributed by atoms with E-state index in [9.17, 15) is 34.8 Å². The summed E-state index contributed by atoms with van der Waals surface area (Å²) in [5.74, 6) is -8.11. The smallest absolute Gasteiger partial charge is 0.255 e. The topological polar surface area (TPSA) is 165 Å². The van der Waals surface area contributed by atoms with Crippen LogP contribution in [0.5, 0.6) is 5.75 Å². The Morgan fingerprint density at radius 2 is 1.80 bits per heavy atom. The maximum absolute atomic E-state index is 16.1. The first-order chi connectivity index (χ1) is 18.7. The van der Waals surface area contributed by atoms with Gasteiger partial charge in [-0.3, -0.25) is 24.2 Å². The number of carbonyl (C=O) groups is 3. The molecule has 11 heteroatoms. The average Bonchev–Trinajstić information content (AvgIpc) is 2.86. The molecule has 5 rings (SSSR count). The van der Waals surface area contributed by atoms with Gasteiger partial charge in [0.25, 0.3) is 5.91 Å². The second-order valence-electron chi connectivity index (χ2n) is 12.0. The Kier molecular flexibility index (Phi) is 6.83. The number of phenolic OH excluding ortho intramolecular Hbond substituents is 1. The highest BCUT2D eigenvalue weighted by Crippen LogP contribution is 2.53. The number of hydrogen-bond acceptors (Lipinski definition) is 9. The summed E-state index contributed by atoms with van der Waals surface area (Å²) in [6, 6.07) is 0.526. The third-order valence-electron chi connectivity index (χ3n) is 9.46. The first-order valence-electron chi connectivity index (χ1n) is 13.6. The van der Waals surface area contributed by atoms with Crippen molar-refractivity contribution in [2.24, 2.45) is 17.6 Å². The van der Waals surface area contributed by atoms with E-state index in [1.54, 1.807) is 0 Å². The molecule has 1 aromatic rings. The molecule has 216 valence electrons. The zero-order valence-electron chi connectivity index (χ0n) is 23.1. The molecule has 1 amide bonds. The van der Waals surface area contributed by atoms with Gasteiger partial charge in [-0.05, 0) is 65.6 Å². The van der Waals surface area contributed by atoms with E-state index in [0.717, 1.165) is 19.3 Å². The Labute approximate surface area is 231 Å². The van der Waals surface area contributed by atoms with E-state index >= 15 is 4.39 Å². The number of benzene rings is 1. The number of likely N-dealkylation sites (tertiary alicyclic amines) is 1. The standard InChI is InChI=1S/C29H36FN3O7/c1-12-6-5-7-13(2)33(12)11-15-10-18(34)20-16(22(15)30)8-14-9-17-23(32(3)4)25(36)21(28(31)39)27(38)29(17,40)26(37)19(14)24(20)35/h10,12-14,17,23,34-35,38,40H,5-9,11H2,1-4H3,(H2,31,39)/t12-,13-,14-,17-,23-,29-/m0/s1. The number of ketones is 2. The predicted molar refractivity (Wildman–Crippen MR) is 143 cm³/mol. The van der Waals surface area contributed by atoms with Crippen LogP contribution in [0, 0.1) is 17.7 Å². The number of halogens is 1. The molecule has 4 aliphatic rings. The van der Waals surface area contributed by atoms with Crippen molar-refractivity contribution in [3.63, 3.8) is 0 Å². The molecule has 0 bridgehead atoms. The van der Waals surface area contributed by atoms with Gasteiger partial charge >= 0.3 is 0 Å². The van der Waals surface area contributed by atoms with Crippen molar-refractivity contribution in [2.75, 3.05) is 14.1 Å². The number of Topliss-reactive ketones (excluding diaryl/α,β-unsaturated/α-hetero) is 2. The van der Waals surface area contributed by atoms with Crippen LogP contribution in [0.1, 0.15) is 56.2 Å². The highest BCUT2D eigenvalue weighted by Gasteiger charge is 2.64. The van der Waals surface area contributed by atoms with E-state index in [0.29, 0.717) is 0 Å². The number of amides is 1. The van der Waals surface area contributed by atoms with E-state index in [1.165, 1.54) is 25.1 Å². The van der Waals surface area contributed by atoms with E-state index < -0.39 is 69.6 Å². The fourth-order valence-corrected chi connectivity index (χ4v) is 7.45. The second kappa shape index (κ2) is 9.67. The molecule has 2 fully saturated rings. The average molecular weight is 558 g/mol. The maximum atomic E-state index is 16.1. The van der Waals surface area contributed by atoms with Gasteiger partial charge < -0.3 is 26.2 Å². The van der Waals surface area contributed by atoms with Gasteiger partial charge in [-0.2, -0.15) is 0 Å². The van der Waals surface area contributed by atoms with Crippen LogP contribution in [0.15, 0.2) is 23.0 Å². The summed E-state index contributed by atoms with van der Waals surface area (Å²) in [4.78, 5) is 42.7. The molecule has 0 radical (unpaired) electrons. The number of nitrogens with zero attached hydrogens (tertiary/aromatic N) is 2. The maximum Gasteiger partial charge on any atom is 0.255 e. The number of hydrogen-bond donors (Lipinski definition) is 5. The minimum atomic E-state index is -2.72. The van der Waals surface area contributed by atoms with Crippen LogP contribution in [-0.2, 0) is 27.3 Å². The fraction of sp³-hybridized carbons (Fsp3) is 0.552. The van der Waals surface area contributed by atoms with Crippen molar-refractivity contribution in [2.45, 2.75) is 76.2 Å². The lowest BCUT2D eigenvalue weighted by Gasteiger charge is -2.50. The first kappa shape index (κ1) is 28.3. The van der Waals surface area contributed by atoms with Gasteiger partial charge in [0.1, 0.15) is 28.7 Å². The Morgan fingerprint density at radius 3 is 2.38 bits per heavy atom. The highest BCUT2D eigenvalue weighted by atomic mass is 19.1. The molecular formula is C29H36FN3O7. The number of nitrogens with two attached hydrogens (primary N) is 1. The van der Waals surface area contributed by atoms with Crippen LogP contribution in [-0.4, -0.2) is 85.5 Å². The number of carbonyl (C=O) groups excluding carboxylic acids is 3. The molecule has 1 saturated heterocycles.